The molecule has 7 heteroatoms. The number of amides is 2. The Kier molecular flexibility index (Phi) is 4.65. The van der Waals surface area contributed by atoms with Crippen LogP contribution >= 0.6 is 11.8 Å². The van der Waals surface area contributed by atoms with E-state index in [9.17, 15) is 9.59 Å². The second-order valence-corrected chi connectivity index (χ2v) is 9.38. The molecule has 28 heavy (non-hydrogen) atoms. The smallest absolute Gasteiger partial charge is 0.247 e. The molecule has 1 saturated heterocycles. The molecule has 0 aromatic heterocycles. The minimum Gasteiger partial charge on any atom is -0.454 e. The first-order chi connectivity index (χ1) is 13.7. The van der Waals surface area contributed by atoms with Crippen LogP contribution in [0.5, 0.6) is 11.5 Å². The first-order valence-corrected chi connectivity index (χ1v) is 11.4. The third-order valence-corrected chi connectivity index (χ3v) is 8.00. The number of thioether (sulfide) groups is 1. The van der Waals surface area contributed by atoms with Gasteiger partial charge in [0, 0.05) is 23.0 Å². The fraction of sp³-hybridized carbons (Fsp3) is 0.619. The molecule has 2 saturated carbocycles. The van der Waals surface area contributed by atoms with Gasteiger partial charge in [-0.15, -0.1) is 11.8 Å². The van der Waals surface area contributed by atoms with Gasteiger partial charge in [-0.1, -0.05) is 19.3 Å². The number of rotatable bonds is 3. The monoisotopic (exact) mass is 402 g/mol. The molecular weight excluding hydrogens is 376 g/mol. The normalized spacial score (nSPS) is 29.6. The standard InChI is InChI=1S/C21H26N2O4S/c24-19-12-28-18-7-4-10-21(18,20(25)22-14-5-2-1-3-6-14)23(19)15-8-9-16-17(11-15)27-13-26-16/h8-9,11,14,18H,1-7,10,12-13H2,(H,22,25). The maximum absolute atomic E-state index is 13.7. The molecular formula is C21H26N2O4S. The number of anilines is 1. The van der Waals surface area contributed by atoms with E-state index in [1.165, 1.54) is 19.3 Å². The summed E-state index contributed by atoms with van der Waals surface area (Å²) >= 11 is 1.65. The number of hydrogen-bond donors (Lipinski definition) is 1. The van der Waals surface area contributed by atoms with Gasteiger partial charge in [0.25, 0.3) is 0 Å². The van der Waals surface area contributed by atoms with E-state index in [4.69, 9.17) is 9.47 Å². The van der Waals surface area contributed by atoms with Crippen molar-refractivity contribution in [3.05, 3.63) is 18.2 Å². The van der Waals surface area contributed by atoms with Gasteiger partial charge in [0.15, 0.2) is 11.5 Å². The topological polar surface area (TPSA) is 67.9 Å². The zero-order valence-electron chi connectivity index (χ0n) is 15.9. The number of ether oxygens (including phenoxy) is 2. The van der Waals surface area contributed by atoms with E-state index in [1.807, 2.05) is 18.2 Å². The molecule has 1 N–H and O–H groups in total. The highest BCUT2D eigenvalue weighted by Gasteiger charge is 2.58. The van der Waals surface area contributed by atoms with Gasteiger partial charge in [0.1, 0.15) is 5.54 Å². The lowest BCUT2D eigenvalue weighted by molar-refractivity contribution is -0.130. The lowest BCUT2D eigenvalue weighted by Crippen LogP contribution is -2.68. The van der Waals surface area contributed by atoms with E-state index in [0.29, 0.717) is 23.7 Å². The fourth-order valence-corrected chi connectivity index (χ4v) is 6.62. The number of hydrogen-bond acceptors (Lipinski definition) is 5. The van der Waals surface area contributed by atoms with Crippen LogP contribution in [0, 0.1) is 0 Å². The Balaban J connectivity index is 1.51. The molecule has 2 amide bonds. The Morgan fingerprint density at radius 3 is 2.79 bits per heavy atom. The van der Waals surface area contributed by atoms with Gasteiger partial charge in [-0.2, -0.15) is 0 Å². The van der Waals surface area contributed by atoms with E-state index in [0.717, 1.165) is 31.4 Å². The van der Waals surface area contributed by atoms with Crippen LogP contribution < -0.4 is 19.7 Å². The zero-order chi connectivity index (χ0) is 19.1. The van der Waals surface area contributed by atoms with Crippen molar-refractivity contribution in [1.82, 2.24) is 5.32 Å². The van der Waals surface area contributed by atoms with Gasteiger partial charge in [0.05, 0.1) is 5.75 Å². The Morgan fingerprint density at radius 1 is 1.11 bits per heavy atom. The minimum absolute atomic E-state index is 0.000750. The number of nitrogens with zero attached hydrogens (tertiary/aromatic N) is 1. The lowest BCUT2D eigenvalue weighted by Gasteiger charge is -2.47. The molecule has 2 heterocycles. The highest BCUT2D eigenvalue weighted by molar-refractivity contribution is 8.00. The minimum atomic E-state index is -0.800. The summed E-state index contributed by atoms with van der Waals surface area (Å²) in [5, 5.41) is 3.46. The first kappa shape index (κ1) is 18.2. The largest absolute Gasteiger partial charge is 0.454 e. The van der Waals surface area contributed by atoms with Crippen LogP contribution in [0.15, 0.2) is 18.2 Å². The molecule has 2 aliphatic carbocycles. The Labute approximate surface area is 169 Å². The SMILES string of the molecule is O=C1CSC2CCCC2(C(=O)NC2CCCCC2)N1c1ccc2c(c1)OCO2. The maximum atomic E-state index is 13.7. The van der Waals surface area contributed by atoms with Crippen molar-refractivity contribution >= 4 is 29.3 Å². The van der Waals surface area contributed by atoms with Gasteiger partial charge in [-0.25, -0.2) is 0 Å². The lowest BCUT2D eigenvalue weighted by atomic mass is 9.89. The molecule has 2 unspecified atom stereocenters. The van der Waals surface area contributed by atoms with Crippen LogP contribution in [0.4, 0.5) is 5.69 Å². The van der Waals surface area contributed by atoms with Crippen molar-refractivity contribution in [2.24, 2.45) is 0 Å². The molecule has 150 valence electrons. The summed E-state index contributed by atoms with van der Waals surface area (Å²) in [6.45, 7) is 0.193. The van der Waals surface area contributed by atoms with Crippen LogP contribution in [0.25, 0.3) is 0 Å². The van der Waals surface area contributed by atoms with Gasteiger partial charge in [-0.05, 0) is 44.2 Å². The van der Waals surface area contributed by atoms with Crippen LogP contribution in [-0.2, 0) is 9.59 Å². The molecule has 2 aliphatic heterocycles. The van der Waals surface area contributed by atoms with Gasteiger partial charge < -0.3 is 14.8 Å². The highest BCUT2D eigenvalue weighted by atomic mass is 32.2. The molecule has 1 aromatic rings. The summed E-state index contributed by atoms with van der Waals surface area (Å²) in [7, 11) is 0. The average molecular weight is 403 g/mol. The van der Waals surface area contributed by atoms with Gasteiger partial charge >= 0.3 is 0 Å². The van der Waals surface area contributed by atoms with Gasteiger partial charge in [-0.3, -0.25) is 14.5 Å². The van der Waals surface area contributed by atoms with Crippen LogP contribution in [0.3, 0.4) is 0 Å². The van der Waals surface area contributed by atoms with Crippen LogP contribution in [0.2, 0.25) is 0 Å². The highest BCUT2D eigenvalue weighted by Crippen LogP contribution is 2.49. The second-order valence-electron chi connectivity index (χ2n) is 8.19. The Hall–Kier alpha value is -1.89. The maximum Gasteiger partial charge on any atom is 0.247 e. The third kappa shape index (κ3) is 2.86. The van der Waals surface area contributed by atoms with Crippen molar-refractivity contribution < 1.29 is 19.1 Å². The number of carbonyl (C=O) groups is 2. The first-order valence-electron chi connectivity index (χ1n) is 10.3. The van der Waals surface area contributed by atoms with Crippen molar-refractivity contribution in [2.45, 2.75) is 68.2 Å². The summed E-state index contributed by atoms with van der Waals surface area (Å²) in [5.41, 5.74) is -0.0641. The molecule has 0 radical (unpaired) electrons. The molecule has 2 atom stereocenters. The Bertz CT molecular complexity index is 795. The number of benzene rings is 1. The van der Waals surface area contributed by atoms with E-state index >= 15 is 0 Å². The molecule has 5 rings (SSSR count). The number of carbonyl (C=O) groups excluding carboxylic acids is 2. The average Bonchev–Trinajstić information content (AvgIpc) is 3.35. The van der Waals surface area contributed by atoms with Gasteiger partial charge in [0.2, 0.25) is 18.6 Å². The summed E-state index contributed by atoms with van der Waals surface area (Å²) in [5.74, 6) is 1.77. The molecule has 3 fully saturated rings. The van der Waals surface area contributed by atoms with Crippen molar-refractivity contribution in [1.29, 1.82) is 0 Å². The summed E-state index contributed by atoms with van der Waals surface area (Å²) in [6.07, 6.45) is 8.30. The predicted molar refractivity (Wildman–Crippen MR) is 108 cm³/mol. The molecule has 0 bridgehead atoms. The van der Waals surface area contributed by atoms with Crippen LogP contribution in [-0.4, -0.2) is 41.2 Å². The van der Waals surface area contributed by atoms with E-state index < -0.39 is 5.54 Å². The zero-order valence-corrected chi connectivity index (χ0v) is 16.8. The fourth-order valence-electron chi connectivity index (χ4n) is 5.21. The van der Waals surface area contributed by atoms with Crippen LogP contribution in [0.1, 0.15) is 51.4 Å². The Morgan fingerprint density at radius 2 is 1.93 bits per heavy atom. The predicted octanol–water partition coefficient (Wildman–Crippen LogP) is 3.24. The number of nitrogens with one attached hydrogen (secondary N) is 1. The quantitative estimate of drug-likeness (QED) is 0.841. The molecule has 1 aromatic carbocycles. The van der Waals surface area contributed by atoms with Crippen molar-refractivity contribution in [3.8, 4) is 11.5 Å². The summed E-state index contributed by atoms with van der Waals surface area (Å²) < 4.78 is 10.9. The van der Waals surface area contributed by atoms with E-state index in [2.05, 4.69) is 5.32 Å². The number of fused-ring (bicyclic) bond motifs is 2. The van der Waals surface area contributed by atoms with E-state index in [1.54, 1.807) is 16.7 Å². The summed E-state index contributed by atoms with van der Waals surface area (Å²) in [6, 6.07) is 5.80. The molecule has 6 nitrogen and oxygen atoms in total. The van der Waals surface area contributed by atoms with Crippen molar-refractivity contribution in [3.63, 3.8) is 0 Å². The van der Waals surface area contributed by atoms with Crippen molar-refractivity contribution in [2.75, 3.05) is 17.4 Å². The molecule has 4 aliphatic rings. The molecule has 0 spiro atoms. The second kappa shape index (κ2) is 7.17. The third-order valence-electron chi connectivity index (χ3n) is 6.56. The summed E-state index contributed by atoms with van der Waals surface area (Å²) in [4.78, 5) is 28.5. The van der Waals surface area contributed by atoms with E-state index in [-0.39, 0.29) is 29.9 Å².